The summed E-state index contributed by atoms with van der Waals surface area (Å²) in [5.41, 5.74) is 13.2. The van der Waals surface area contributed by atoms with Crippen LogP contribution in [0.25, 0.3) is 27.9 Å². The molecule has 2 atom stereocenters. The molecule has 6 heteroatoms. The minimum Gasteiger partial charge on any atom is -0.396 e. The summed E-state index contributed by atoms with van der Waals surface area (Å²) in [7, 11) is 4.50. The van der Waals surface area contributed by atoms with E-state index >= 15 is 0 Å². The topological polar surface area (TPSA) is 75.9 Å². The molecule has 2 heterocycles. The second-order valence-electron chi connectivity index (χ2n) is 13.0. The van der Waals surface area contributed by atoms with Gasteiger partial charge in [-0.25, -0.2) is 0 Å². The van der Waals surface area contributed by atoms with E-state index in [4.69, 9.17) is 0 Å². The van der Waals surface area contributed by atoms with E-state index < -0.39 is 0 Å². The number of hydrogen-bond acceptors (Lipinski definition) is 3. The zero-order chi connectivity index (χ0) is 34.0. The fourth-order valence-electron chi connectivity index (χ4n) is 7.48. The Morgan fingerprint density at radius 3 is 1.71 bits per heavy atom. The number of aliphatic hydroxyl groups excluding tert-OH is 1. The van der Waals surface area contributed by atoms with E-state index in [1.165, 1.54) is 106 Å². The number of aliphatic hydroxyl groups is 1. The lowest BCUT2D eigenvalue weighted by Gasteiger charge is -2.24. The van der Waals surface area contributed by atoms with Crippen molar-refractivity contribution in [1.82, 2.24) is 20.6 Å². The number of aromatic nitrogens is 2. The number of benzene rings is 4. The predicted octanol–water partition coefficient (Wildman–Crippen LogP) is 9.05. The number of fused-ring (bicyclic) bond motifs is 6. The average molecular weight is 649 g/mol. The molecule has 2 radical (unpaired) electrons. The second kappa shape index (κ2) is 16.8. The summed E-state index contributed by atoms with van der Waals surface area (Å²) in [5.74, 6) is 0. The first-order chi connectivity index (χ1) is 24.2. The summed E-state index contributed by atoms with van der Waals surface area (Å²) in [4.78, 5) is 7.30. The first kappa shape index (κ1) is 34.5. The normalized spacial score (nSPS) is 16.5. The van der Waals surface area contributed by atoms with Crippen molar-refractivity contribution in [3.05, 3.63) is 148 Å². The predicted molar refractivity (Wildman–Crippen MR) is 207 cm³/mol. The summed E-state index contributed by atoms with van der Waals surface area (Å²) in [6.45, 7) is 7.41. The second-order valence-corrected chi connectivity index (χ2v) is 13.0. The smallest absolute Gasteiger partial charge is 0.0606 e. The van der Waals surface area contributed by atoms with Crippen molar-refractivity contribution < 1.29 is 5.11 Å². The summed E-state index contributed by atoms with van der Waals surface area (Å²) in [6.07, 6.45) is 9.79. The van der Waals surface area contributed by atoms with Crippen LogP contribution < -0.4 is 10.6 Å². The zero-order valence-electron chi connectivity index (χ0n) is 28.8. The van der Waals surface area contributed by atoms with Crippen LogP contribution in [0.1, 0.15) is 82.5 Å². The van der Waals surface area contributed by atoms with Crippen LogP contribution in [-0.4, -0.2) is 29.5 Å². The molecular formula is C43H49BN4O. The van der Waals surface area contributed by atoms with E-state index in [1.54, 1.807) is 0 Å². The highest BCUT2D eigenvalue weighted by Gasteiger charge is 2.25. The molecule has 0 saturated carbocycles. The van der Waals surface area contributed by atoms with Crippen LogP contribution in [0.15, 0.2) is 104 Å². The molecule has 0 unspecified atom stereocenters. The minimum atomic E-state index is 0.208. The molecular weight excluding hydrogens is 599 g/mol. The van der Waals surface area contributed by atoms with Crippen molar-refractivity contribution in [1.29, 1.82) is 0 Å². The van der Waals surface area contributed by atoms with Crippen LogP contribution in [0.4, 0.5) is 0 Å². The highest BCUT2D eigenvalue weighted by molar-refractivity contribution is 6.05. The molecule has 0 spiro atoms. The third-order valence-electron chi connectivity index (χ3n) is 9.93. The van der Waals surface area contributed by atoms with Gasteiger partial charge in [0.2, 0.25) is 0 Å². The summed E-state index contributed by atoms with van der Waals surface area (Å²) in [6, 6.07) is 35.1. The molecule has 0 fully saturated rings. The van der Waals surface area contributed by atoms with E-state index in [2.05, 4.69) is 132 Å². The van der Waals surface area contributed by atoms with Crippen LogP contribution >= 0.6 is 0 Å². The average Bonchev–Trinajstić information content (AvgIpc) is 3.74. The van der Waals surface area contributed by atoms with Crippen molar-refractivity contribution >= 4 is 35.7 Å². The molecule has 4 aromatic carbocycles. The molecule has 5 nitrogen and oxygen atoms in total. The molecule has 2 aromatic heterocycles. The van der Waals surface area contributed by atoms with Gasteiger partial charge in [-0.3, -0.25) is 0 Å². The van der Waals surface area contributed by atoms with Gasteiger partial charge in [0, 0.05) is 65.0 Å². The maximum absolute atomic E-state index is 9.18. The Kier molecular flexibility index (Phi) is 11.9. The Morgan fingerprint density at radius 1 is 0.694 bits per heavy atom. The lowest BCUT2D eigenvalue weighted by atomic mass is 9.91. The van der Waals surface area contributed by atoms with Crippen LogP contribution in [0.5, 0.6) is 0 Å². The first-order valence-corrected chi connectivity index (χ1v) is 17.8. The molecule has 8 rings (SSSR count). The molecule has 0 bridgehead atoms. The fourth-order valence-corrected chi connectivity index (χ4v) is 7.48. The van der Waals surface area contributed by atoms with Crippen LogP contribution in [0.3, 0.4) is 0 Å². The molecule has 49 heavy (non-hydrogen) atoms. The minimum absolute atomic E-state index is 0.208. The standard InChI is InChI=1S/C21H24N2O.C21H22N2.CH3B/c24-12-11-15-9-10-19-18(13-15)17-7-4-8-20(21(17)23-19)22-14-16-5-2-1-3-6-16;1-2-15-11-12-19-18(13-15)17-9-6-10-20(21(17)23-19)22-14-16-7-4-3-5-8-16;1-2/h1-3,5-6,9-10,13,20,22-24H,4,7-8,11-12,14H2;2-5,7-8,11-13,20,22-23H,1,6,9-10,14H2;1H3/t2*20-;/m11./s1. The Balaban J connectivity index is 0.000000162. The summed E-state index contributed by atoms with van der Waals surface area (Å²) >= 11 is 0. The Morgan fingerprint density at radius 2 is 1.20 bits per heavy atom. The molecule has 0 aliphatic heterocycles. The zero-order valence-corrected chi connectivity index (χ0v) is 28.8. The van der Waals surface area contributed by atoms with Crippen LogP contribution in [0.2, 0.25) is 6.82 Å². The Labute approximate surface area is 292 Å². The highest BCUT2D eigenvalue weighted by atomic mass is 16.2. The molecule has 6 aromatic rings. The first-order valence-electron chi connectivity index (χ1n) is 17.8. The maximum Gasteiger partial charge on any atom is 0.0606 e. The van der Waals surface area contributed by atoms with Gasteiger partial charge in [0.25, 0.3) is 0 Å². The van der Waals surface area contributed by atoms with E-state index in [-0.39, 0.29) is 6.61 Å². The Hall–Kier alpha value is -4.36. The molecule has 5 N–H and O–H groups in total. The van der Waals surface area contributed by atoms with E-state index in [0.717, 1.165) is 25.9 Å². The van der Waals surface area contributed by atoms with Gasteiger partial charge in [-0.15, -0.1) is 0 Å². The lowest BCUT2D eigenvalue weighted by molar-refractivity contribution is 0.299. The van der Waals surface area contributed by atoms with E-state index in [1.807, 2.05) is 6.08 Å². The van der Waals surface area contributed by atoms with E-state index in [9.17, 15) is 5.11 Å². The Bertz CT molecular complexity index is 1950. The third-order valence-corrected chi connectivity index (χ3v) is 9.93. The van der Waals surface area contributed by atoms with Gasteiger partial charge in [-0.2, -0.15) is 0 Å². The van der Waals surface area contributed by atoms with Gasteiger partial charge >= 0.3 is 0 Å². The monoisotopic (exact) mass is 648 g/mol. The van der Waals surface area contributed by atoms with Crippen molar-refractivity contribution in [3.63, 3.8) is 0 Å². The van der Waals surface area contributed by atoms with Gasteiger partial charge in [0.05, 0.1) is 7.85 Å². The van der Waals surface area contributed by atoms with Crippen molar-refractivity contribution in [2.45, 2.75) is 76.9 Å². The lowest BCUT2D eigenvalue weighted by Crippen LogP contribution is -2.24. The summed E-state index contributed by atoms with van der Waals surface area (Å²) in [5, 5.41) is 19.3. The van der Waals surface area contributed by atoms with Gasteiger partial charge in [0.15, 0.2) is 0 Å². The number of rotatable bonds is 9. The molecule has 0 amide bonds. The van der Waals surface area contributed by atoms with Gasteiger partial charge < -0.3 is 25.7 Å². The highest BCUT2D eigenvalue weighted by Crippen LogP contribution is 2.36. The number of nitrogens with one attached hydrogen (secondary N) is 4. The third kappa shape index (κ3) is 8.10. The number of aromatic amines is 2. The van der Waals surface area contributed by atoms with Gasteiger partial charge in [-0.1, -0.05) is 92.3 Å². The quantitative estimate of drug-likeness (QED) is 0.102. The van der Waals surface area contributed by atoms with Gasteiger partial charge in [-0.05, 0) is 103 Å². The largest absolute Gasteiger partial charge is 0.396 e. The van der Waals surface area contributed by atoms with Crippen LogP contribution in [0, 0.1) is 0 Å². The van der Waals surface area contributed by atoms with Crippen LogP contribution in [-0.2, 0) is 32.4 Å². The number of aryl methyl sites for hydroxylation is 2. The van der Waals surface area contributed by atoms with E-state index in [0.29, 0.717) is 12.1 Å². The maximum atomic E-state index is 9.18. The molecule has 2 aliphatic rings. The number of hydrogen-bond donors (Lipinski definition) is 5. The van der Waals surface area contributed by atoms with Crippen molar-refractivity contribution in [2.24, 2.45) is 0 Å². The number of H-pyrrole nitrogens is 2. The van der Waals surface area contributed by atoms with Crippen molar-refractivity contribution in [2.75, 3.05) is 6.61 Å². The SMILES string of the molecule is C=Cc1ccc2[nH]c3c(c2c1)CCC[C@H]3NCc1ccccc1.OCCc1ccc2[nH]c3c(c2c1)CCC[C@H]3NCc1ccccc1.[B]C. The molecule has 2 aliphatic carbocycles. The summed E-state index contributed by atoms with van der Waals surface area (Å²) < 4.78 is 0. The van der Waals surface area contributed by atoms with Crippen molar-refractivity contribution in [3.8, 4) is 0 Å². The van der Waals surface area contributed by atoms with Gasteiger partial charge in [0.1, 0.15) is 0 Å². The fraction of sp³-hybridized carbons (Fsp3) is 0.302. The molecule has 0 saturated heterocycles. The molecule has 250 valence electrons.